The zero-order valence-corrected chi connectivity index (χ0v) is 16.2. The summed E-state index contributed by atoms with van der Waals surface area (Å²) in [5.74, 6) is -0.203. The van der Waals surface area contributed by atoms with Crippen LogP contribution in [0.1, 0.15) is 29.0 Å². The standard InChI is InChI=1S/C21H17ClN2O2S/c1-13-2-6-15(7-3-13)21(26)12-27-20-18(11-23)17(10-19(25)24(20)21)14-4-8-16(22)9-5-14/h2-9,17,26H,10,12H2,1H3/t17-,21+/m1/s1. The third-order valence-electron chi connectivity index (χ3n) is 5.10. The van der Waals surface area contributed by atoms with Crippen LogP contribution in [0.15, 0.2) is 59.1 Å². The van der Waals surface area contributed by atoms with Crippen LogP contribution in [-0.4, -0.2) is 21.7 Å². The topological polar surface area (TPSA) is 64.3 Å². The molecule has 27 heavy (non-hydrogen) atoms. The van der Waals surface area contributed by atoms with Crippen LogP contribution in [0, 0.1) is 18.3 Å². The number of halogens is 1. The highest BCUT2D eigenvalue weighted by molar-refractivity contribution is 8.03. The van der Waals surface area contributed by atoms with Gasteiger partial charge in [-0.3, -0.25) is 9.69 Å². The summed E-state index contributed by atoms with van der Waals surface area (Å²) >= 11 is 7.32. The number of rotatable bonds is 2. The van der Waals surface area contributed by atoms with Crippen LogP contribution in [0.25, 0.3) is 0 Å². The second-order valence-corrected chi connectivity index (χ2v) is 8.24. The second kappa shape index (κ2) is 6.72. The van der Waals surface area contributed by atoms with E-state index in [2.05, 4.69) is 6.07 Å². The number of fused-ring (bicyclic) bond motifs is 1. The van der Waals surface area contributed by atoms with Gasteiger partial charge in [0, 0.05) is 22.9 Å². The first-order chi connectivity index (χ1) is 12.9. The van der Waals surface area contributed by atoms with Crippen molar-refractivity contribution in [1.29, 1.82) is 5.26 Å². The number of aliphatic hydroxyl groups is 1. The van der Waals surface area contributed by atoms with Crippen LogP contribution in [0.3, 0.4) is 0 Å². The molecule has 1 amide bonds. The van der Waals surface area contributed by atoms with Gasteiger partial charge in [0.15, 0.2) is 5.72 Å². The number of benzene rings is 2. The summed E-state index contributed by atoms with van der Waals surface area (Å²) in [5, 5.41) is 22.3. The highest BCUT2D eigenvalue weighted by Crippen LogP contribution is 2.51. The number of thioether (sulfide) groups is 1. The van der Waals surface area contributed by atoms with Gasteiger partial charge in [-0.05, 0) is 24.6 Å². The average Bonchev–Trinajstić information content (AvgIpc) is 3.02. The number of hydrogen-bond donors (Lipinski definition) is 1. The van der Waals surface area contributed by atoms with Gasteiger partial charge >= 0.3 is 0 Å². The molecule has 1 saturated heterocycles. The highest BCUT2D eigenvalue weighted by Gasteiger charge is 2.51. The first-order valence-corrected chi connectivity index (χ1v) is 9.95. The van der Waals surface area contributed by atoms with Crippen molar-refractivity contribution < 1.29 is 9.90 Å². The number of hydrogen-bond acceptors (Lipinski definition) is 4. The zero-order valence-electron chi connectivity index (χ0n) is 14.6. The van der Waals surface area contributed by atoms with Gasteiger partial charge in [-0.25, -0.2) is 0 Å². The minimum Gasteiger partial charge on any atom is -0.366 e. The van der Waals surface area contributed by atoms with E-state index >= 15 is 0 Å². The van der Waals surface area contributed by atoms with Gasteiger partial charge in [0.25, 0.3) is 0 Å². The van der Waals surface area contributed by atoms with Crippen molar-refractivity contribution in [1.82, 2.24) is 4.90 Å². The summed E-state index contributed by atoms with van der Waals surface area (Å²) in [7, 11) is 0. The Balaban J connectivity index is 1.79. The Morgan fingerprint density at radius 1 is 1.22 bits per heavy atom. The molecule has 0 aromatic heterocycles. The van der Waals surface area contributed by atoms with Gasteiger partial charge in [-0.1, -0.05) is 53.6 Å². The second-order valence-electron chi connectivity index (χ2n) is 6.84. The summed E-state index contributed by atoms with van der Waals surface area (Å²) < 4.78 is 0. The molecule has 0 radical (unpaired) electrons. The number of nitrogens with zero attached hydrogens (tertiary/aromatic N) is 2. The van der Waals surface area contributed by atoms with Crippen molar-refractivity contribution in [2.75, 3.05) is 5.75 Å². The number of carbonyl (C=O) groups is 1. The van der Waals surface area contributed by atoms with E-state index in [-0.39, 0.29) is 18.2 Å². The molecule has 136 valence electrons. The van der Waals surface area contributed by atoms with Gasteiger partial charge in [0.2, 0.25) is 5.91 Å². The normalized spacial score (nSPS) is 24.7. The summed E-state index contributed by atoms with van der Waals surface area (Å²) in [5.41, 5.74) is 1.70. The maximum absolute atomic E-state index is 13.0. The number of carbonyl (C=O) groups excluding carboxylic acids is 1. The van der Waals surface area contributed by atoms with Crippen LogP contribution in [0.4, 0.5) is 0 Å². The van der Waals surface area contributed by atoms with Gasteiger partial charge in [-0.15, -0.1) is 11.8 Å². The molecule has 6 heteroatoms. The molecule has 2 aromatic carbocycles. The molecule has 1 fully saturated rings. The molecule has 0 bridgehead atoms. The molecule has 2 aromatic rings. The van der Waals surface area contributed by atoms with Crippen LogP contribution >= 0.6 is 23.4 Å². The molecule has 2 aliphatic rings. The van der Waals surface area contributed by atoms with Crippen LogP contribution < -0.4 is 0 Å². The summed E-state index contributed by atoms with van der Waals surface area (Å²) in [6, 6.07) is 17.0. The zero-order chi connectivity index (χ0) is 19.2. The molecular weight excluding hydrogens is 380 g/mol. The predicted molar refractivity (Wildman–Crippen MR) is 106 cm³/mol. The first kappa shape index (κ1) is 18.1. The van der Waals surface area contributed by atoms with E-state index in [0.29, 0.717) is 26.9 Å². The predicted octanol–water partition coefficient (Wildman–Crippen LogP) is 4.29. The Hall–Kier alpha value is -2.26. The van der Waals surface area contributed by atoms with E-state index in [4.69, 9.17) is 11.6 Å². The minimum atomic E-state index is -1.43. The number of allylic oxidation sites excluding steroid dienone is 1. The average molecular weight is 397 g/mol. The van der Waals surface area contributed by atoms with Crippen molar-refractivity contribution in [2.45, 2.75) is 25.0 Å². The van der Waals surface area contributed by atoms with Gasteiger partial charge < -0.3 is 5.11 Å². The lowest BCUT2D eigenvalue weighted by molar-refractivity contribution is -0.149. The maximum atomic E-state index is 13.0. The lowest BCUT2D eigenvalue weighted by Gasteiger charge is -2.38. The maximum Gasteiger partial charge on any atom is 0.231 e. The summed E-state index contributed by atoms with van der Waals surface area (Å²) in [6.07, 6.45) is 0.142. The van der Waals surface area contributed by atoms with Crippen LogP contribution in [0.5, 0.6) is 0 Å². The van der Waals surface area contributed by atoms with Crippen molar-refractivity contribution >= 4 is 29.3 Å². The quantitative estimate of drug-likeness (QED) is 0.822. The molecule has 1 N–H and O–H groups in total. The van der Waals surface area contributed by atoms with E-state index in [1.165, 1.54) is 16.7 Å². The summed E-state index contributed by atoms with van der Waals surface area (Å²) in [6.45, 7) is 1.97. The molecule has 4 nitrogen and oxygen atoms in total. The molecule has 2 heterocycles. The minimum absolute atomic E-state index is 0.142. The molecule has 0 unspecified atom stereocenters. The third-order valence-corrected chi connectivity index (χ3v) is 6.57. The van der Waals surface area contributed by atoms with Crippen molar-refractivity contribution in [2.24, 2.45) is 0 Å². The highest BCUT2D eigenvalue weighted by atomic mass is 35.5. The molecule has 4 rings (SSSR count). The Labute approximate surface area is 167 Å². The monoisotopic (exact) mass is 396 g/mol. The molecule has 0 aliphatic carbocycles. The SMILES string of the molecule is Cc1ccc([C@@]2(O)CSC3=C(C#N)[C@@H](c4ccc(Cl)cc4)CC(=O)N32)cc1. The lowest BCUT2D eigenvalue weighted by atomic mass is 9.85. The molecule has 0 saturated carbocycles. The van der Waals surface area contributed by atoms with E-state index in [1.54, 1.807) is 12.1 Å². The molecular formula is C21H17ClN2O2S. The van der Waals surface area contributed by atoms with E-state index < -0.39 is 5.72 Å². The first-order valence-electron chi connectivity index (χ1n) is 8.59. The Morgan fingerprint density at radius 3 is 2.52 bits per heavy atom. The Morgan fingerprint density at radius 2 is 1.89 bits per heavy atom. The largest absolute Gasteiger partial charge is 0.366 e. The van der Waals surface area contributed by atoms with Crippen LogP contribution in [-0.2, 0) is 10.5 Å². The fraction of sp³-hybridized carbons (Fsp3) is 0.238. The van der Waals surface area contributed by atoms with Crippen molar-refractivity contribution in [3.63, 3.8) is 0 Å². The van der Waals surface area contributed by atoms with E-state index in [0.717, 1.165) is 11.1 Å². The summed E-state index contributed by atoms with van der Waals surface area (Å²) in [4.78, 5) is 14.4. The van der Waals surface area contributed by atoms with Crippen LogP contribution in [0.2, 0.25) is 5.02 Å². The Kier molecular flexibility index (Phi) is 4.51. The van der Waals surface area contributed by atoms with Gasteiger partial charge in [-0.2, -0.15) is 5.26 Å². The number of nitriles is 1. The number of amides is 1. The van der Waals surface area contributed by atoms with Crippen molar-refractivity contribution in [3.8, 4) is 6.07 Å². The molecule has 2 aliphatic heterocycles. The van der Waals surface area contributed by atoms with Gasteiger partial charge in [0.1, 0.15) is 0 Å². The van der Waals surface area contributed by atoms with E-state index in [1.807, 2.05) is 43.3 Å². The smallest absolute Gasteiger partial charge is 0.231 e. The third kappa shape index (κ3) is 2.94. The fourth-order valence-corrected chi connectivity index (χ4v) is 5.12. The van der Waals surface area contributed by atoms with Crippen molar-refractivity contribution in [3.05, 3.63) is 80.8 Å². The Bertz CT molecular complexity index is 979. The number of aryl methyl sites for hydroxylation is 1. The van der Waals surface area contributed by atoms with E-state index in [9.17, 15) is 15.2 Å². The lowest BCUT2D eigenvalue weighted by Crippen LogP contribution is -2.48. The van der Waals surface area contributed by atoms with Gasteiger partial charge in [0.05, 0.1) is 22.4 Å². The molecule has 0 spiro atoms. The molecule has 2 atom stereocenters. The fourth-order valence-electron chi connectivity index (χ4n) is 3.64.